The molecular weight excluding hydrogens is 320 g/mol. The number of ether oxygens (including phenoxy) is 2. The summed E-state index contributed by atoms with van der Waals surface area (Å²) in [4.78, 5) is 12.3. The summed E-state index contributed by atoms with van der Waals surface area (Å²) in [5.41, 5.74) is -0.478. The highest BCUT2D eigenvalue weighted by Crippen LogP contribution is 2.46. The van der Waals surface area contributed by atoms with Crippen LogP contribution in [0.25, 0.3) is 0 Å². The first-order valence-corrected chi connectivity index (χ1v) is 9.59. The van der Waals surface area contributed by atoms with Gasteiger partial charge in [-0.1, -0.05) is 13.5 Å². The molecule has 142 valence electrons. The maximum Gasteiger partial charge on any atom is 0.309 e. The van der Waals surface area contributed by atoms with Gasteiger partial charge in [0.25, 0.3) is 0 Å². The molecule has 3 aliphatic rings. The van der Waals surface area contributed by atoms with Gasteiger partial charge in [-0.05, 0) is 70.3 Å². The standard InChI is InChI=1S/C20H32O5/c1-12-5-6-16-20(4,25-16)10-7-14-11-17(24-18(22)13(14)2)19(3,23)9-8-15(12)21/h13-17,21,23H,1,5-11H2,2-4H3/t13-,14+,15+,16-,17+,19-,20-/m0/s1. The van der Waals surface area contributed by atoms with Crippen molar-refractivity contribution in [3.63, 3.8) is 0 Å². The maximum atomic E-state index is 12.3. The molecule has 2 bridgehead atoms. The molecule has 0 aromatic heterocycles. The Morgan fingerprint density at radius 1 is 1.16 bits per heavy atom. The summed E-state index contributed by atoms with van der Waals surface area (Å²) in [6, 6.07) is 0. The van der Waals surface area contributed by atoms with E-state index in [1.54, 1.807) is 6.92 Å². The van der Waals surface area contributed by atoms with E-state index < -0.39 is 17.8 Å². The van der Waals surface area contributed by atoms with Gasteiger partial charge in [0.15, 0.2) is 0 Å². The summed E-state index contributed by atoms with van der Waals surface area (Å²) >= 11 is 0. The zero-order valence-corrected chi connectivity index (χ0v) is 15.7. The highest BCUT2D eigenvalue weighted by molar-refractivity contribution is 5.73. The van der Waals surface area contributed by atoms with Crippen molar-refractivity contribution in [1.82, 2.24) is 0 Å². The number of hydrogen-bond acceptors (Lipinski definition) is 5. The molecule has 25 heavy (non-hydrogen) atoms. The first kappa shape index (κ1) is 18.9. The molecule has 7 atom stereocenters. The van der Waals surface area contributed by atoms with Gasteiger partial charge in [-0.2, -0.15) is 0 Å². The number of epoxide rings is 1. The number of fused-ring (bicyclic) bond motifs is 3. The Labute approximate surface area is 150 Å². The van der Waals surface area contributed by atoms with Crippen molar-refractivity contribution in [2.45, 2.75) is 95.2 Å². The topological polar surface area (TPSA) is 79.3 Å². The van der Waals surface area contributed by atoms with E-state index in [0.29, 0.717) is 19.3 Å². The molecule has 5 nitrogen and oxygen atoms in total. The molecule has 5 heteroatoms. The molecule has 0 aromatic rings. The minimum Gasteiger partial charge on any atom is -0.459 e. The largest absolute Gasteiger partial charge is 0.459 e. The molecule has 0 aromatic carbocycles. The Morgan fingerprint density at radius 2 is 1.88 bits per heavy atom. The Kier molecular flexibility index (Phi) is 5.04. The molecule has 1 aliphatic carbocycles. The first-order chi connectivity index (χ1) is 11.6. The van der Waals surface area contributed by atoms with E-state index in [4.69, 9.17) is 9.47 Å². The van der Waals surface area contributed by atoms with Gasteiger partial charge in [0, 0.05) is 0 Å². The molecule has 1 saturated carbocycles. The maximum absolute atomic E-state index is 12.3. The third-order valence-corrected chi connectivity index (χ3v) is 6.72. The summed E-state index contributed by atoms with van der Waals surface area (Å²) in [6.07, 6.45) is 3.93. The number of carbonyl (C=O) groups is 1. The van der Waals surface area contributed by atoms with E-state index in [1.807, 2.05) is 6.92 Å². The Bertz CT molecular complexity index is 542. The van der Waals surface area contributed by atoms with Crippen molar-refractivity contribution >= 4 is 5.97 Å². The molecule has 0 spiro atoms. The normalized spacial score (nSPS) is 48.9. The second-order valence-electron chi connectivity index (χ2n) is 8.78. The summed E-state index contributed by atoms with van der Waals surface area (Å²) in [5, 5.41) is 21.2. The van der Waals surface area contributed by atoms with Crippen LogP contribution in [0.1, 0.15) is 65.7 Å². The Balaban J connectivity index is 1.78. The lowest BCUT2D eigenvalue weighted by atomic mass is 9.76. The van der Waals surface area contributed by atoms with Gasteiger partial charge < -0.3 is 19.7 Å². The van der Waals surface area contributed by atoms with Gasteiger partial charge in [0.1, 0.15) is 6.10 Å². The molecule has 3 rings (SSSR count). The van der Waals surface area contributed by atoms with Crippen LogP contribution in [0.5, 0.6) is 0 Å². The molecular formula is C20H32O5. The SMILES string of the molecule is C=C1CC[C@@H]2O[C@@]2(C)CC[C@@H]2C[C@@H](OC(=O)[C@H]2C)[C@@](C)(O)CC[C@H]1O. The van der Waals surface area contributed by atoms with Crippen molar-refractivity contribution < 1.29 is 24.5 Å². The van der Waals surface area contributed by atoms with Crippen LogP contribution in [0.2, 0.25) is 0 Å². The van der Waals surface area contributed by atoms with E-state index >= 15 is 0 Å². The van der Waals surface area contributed by atoms with Crippen LogP contribution in [0.15, 0.2) is 12.2 Å². The average Bonchev–Trinajstić information content (AvgIpc) is 3.21. The fourth-order valence-corrected chi connectivity index (χ4v) is 4.34. The minimum absolute atomic E-state index is 0.131. The Hall–Kier alpha value is -0.910. The number of rotatable bonds is 0. The van der Waals surface area contributed by atoms with Gasteiger partial charge in [-0.25, -0.2) is 0 Å². The predicted molar refractivity (Wildman–Crippen MR) is 93.9 cm³/mol. The summed E-state index contributed by atoms with van der Waals surface area (Å²) in [7, 11) is 0. The average molecular weight is 352 g/mol. The van der Waals surface area contributed by atoms with Gasteiger partial charge in [-0.15, -0.1) is 0 Å². The van der Waals surface area contributed by atoms with Crippen LogP contribution in [0, 0.1) is 11.8 Å². The van der Waals surface area contributed by atoms with E-state index in [1.165, 1.54) is 0 Å². The molecule has 2 aliphatic heterocycles. The van der Waals surface area contributed by atoms with Gasteiger partial charge in [0.05, 0.1) is 29.3 Å². The third kappa shape index (κ3) is 3.93. The number of aliphatic hydroxyl groups excluding tert-OH is 1. The van der Waals surface area contributed by atoms with Crippen molar-refractivity contribution in [3.05, 3.63) is 12.2 Å². The van der Waals surface area contributed by atoms with Crippen LogP contribution < -0.4 is 0 Å². The second kappa shape index (κ2) is 6.67. The molecule has 2 heterocycles. The van der Waals surface area contributed by atoms with Crippen molar-refractivity contribution in [2.24, 2.45) is 11.8 Å². The third-order valence-electron chi connectivity index (χ3n) is 6.72. The van der Waals surface area contributed by atoms with E-state index in [9.17, 15) is 15.0 Å². The minimum atomic E-state index is -1.14. The first-order valence-electron chi connectivity index (χ1n) is 9.59. The van der Waals surface area contributed by atoms with E-state index in [2.05, 4.69) is 13.5 Å². The monoisotopic (exact) mass is 352 g/mol. The van der Waals surface area contributed by atoms with E-state index in [-0.39, 0.29) is 29.5 Å². The summed E-state index contributed by atoms with van der Waals surface area (Å²) in [5.74, 6) is -0.176. The smallest absolute Gasteiger partial charge is 0.309 e. The van der Waals surface area contributed by atoms with Crippen molar-refractivity contribution in [2.75, 3.05) is 0 Å². The van der Waals surface area contributed by atoms with Gasteiger partial charge in [-0.3, -0.25) is 4.79 Å². The molecule has 3 fully saturated rings. The second-order valence-corrected chi connectivity index (χ2v) is 8.78. The molecule has 2 N–H and O–H groups in total. The lowest BCUT2D eigenvalue weighted by Crippen LogP contribution is -2.49. The summed E-state index contributed by atoms with van der Waals surface area (Å²) in [6.45, 7) is 9.76. The lowest BCUT2D eigenvalue weighted by molar-refractivity contribution is -0.185. The predicted octanol–water partition coefficient (Wildman–Crippen LogP) is 2.73. The molecule has 2 saturated heterocycles. The van der Waals surface area contributed by atoms with Gasteiger partial charge in [0.2, 0.25) is 0 Å². The number of hydrogen-bond donors (Lipinski definition) is 2. The van der Waals surface area contributed by atoms with Crippen LogP contribution >= 0.6 is 0 Å². The van der Waals surface area contributed by atoms with Crippen LogP contribution in [0.3, 0.4) is 0 Å². The zero-order chi connectivity index (χ0) is 18.4. The molecule has 0 radical (unpaired) electrons. The van der Waals surface area contributed by atoms with Crippen LogP contribution in [0.4, 0.5) is 0 Å². The zero-order valence-electron chi connectivity index (χ0n) is 15.7. The van der Waals surface area contributed by atoms with Crippen molar-refractivity contribution in [3.8, 4) is 0 Å². The van der Waals surface area contributed by atoms with Gasteiger partial charge >= 0.3 is 5.97 Å². The number of esters is 1. The highest BCUT2D eigenvalue weighted by Gasteiger charge is 2.52. The molecule has 0 unspecified atom stereocenters. The fourth-order valence-electron chi connectivity index (χ4n) is 4.34. The highest BCUT2D eigenvalue weighted by atomic mass is 16.6. The van der Waals surface area contributed by atoms with Crippen LogP contribution in [-0.2, 0) is 14.3 Å². The fraction of sp³-hybridized carbons (Fsp3) is 0.850. The number of carbonyl (C=O) groups excluding carboxylic acids is 1. The van der Waals surface area contributed by atoms with Crippen molar-refractivity contribution in [1.29, 1.82) is 0 Å². The van der Waals surface area contributed by atoms with Crippen LogP contribution in [-0.4, -0.2) is 45.7 Å². The van der Waals surface area contributed by atoms with E-state index in [0.717, 1.165) is 31.3 Å². The summed E-state index contributed by atoms with van der Waals surface area (Å²) < 4.78 is 11.5. The molecule has 0 amide bonds. The quantitative estimate of drug-likeness (QED) is 0.398. The number of aliphatic hydroxyl groups is 2. The Morgan fingerprint density at radius 3 is 2.60 bits per heavy atom. The lowest BCUT2D eigenvalue weighted by Gasteiger charge is -2.41.